The van der Waals surface area contributed by atoms with Crippen LogP contribution in [0.25, 0.3) is 0 Å². The van der Waals surface area contributed by atoms with Gasteiger partial charge in [0.2, 0.25) is 0 Å². The fourth-order valence-corrected chi connectivity index (χ4v) is 2.54. The summed E-state index contributed by atoms with van der Waals surface area (Å²) in [6, 6.07) is 0. The molecule has 0 aromatic rings. The normalized spacial score (nSPS) is 23.4. The van der Waals surface area contributed by atoms with Gasteiger partial charge in [-0.2, -0.15) is 0 Å². The summed E-state index contributed by atoms with van der Waals surface area (Å²) in [7, 11) is 0. The van der Waals surface area contributed by atoms with E-state index in [0.29, 0.717) is 5.92 Å². The molecular formula is C12H24O2. The molecule has 0 aromatic heterocycles. The van der Waals surface area contributed by atoms with Gasteiger partial charge in [-0.25, -0.2) is 0 Å². The second kappa shape index (κ2) is 5.72. The zero-order chi connectivity index (χ0) is 10.4. The molecule has 2 nitrogen and oxygen atoms in total. The van der Waals surface area contributed by atoms with Gasteiger partial charge >= 0.3 is 0 Å². The molecule has 0 amide bonds. The van der Waals surface area contributed by atoms with Gasteiger partial charge in [-0.05, 0) is 25.2 Å². The standard InChI is InChI=1S/C12H24O2/c1-2-3-9-12(14,10-13)11-7-5-4-6-8-11/h11,13-14H,2-10H2,1H3. The van der Waals surface area contributed by atoms with Crippen molar-refractivity contribution in [1.82, 2.24) is 0 Å². The van der Waals surface area contributed by atoms with E-state index in [-0.39, 0.29) is 6.61 Å². The largest absolute Gasteiger partial charge is 0.393 e. The molecule has 1 unspecified atom stereocenters. The van der Waals surface area contributed by atoms with E-state index in [1.165, 1.54) is 19.3 Å². The molecular weight excluding hydrogens is 176 g/mol. The lowest BCUT2D eigenvalue weighted by Crippen LogP contribution is -2.42. The van der Waals surface area contributed by atoms with Crippen LogP contribution in [-0.4, -0.2) is 22.4 Å². The van der Waals surface area contributed by atoms with Gasteiger partial charge in [0.1, 0.15) is 0 Å². The van der Waals surface area contributed by atoms with Crippen LogP contribution in [0.3, 0.4) is 0 Å². The fourth-order valence-electron chi connectivity index (χ4n) is 2.54. The smallest absolute Gasteiger partial charge is 0.0905 e. The molecule has 2 N–H and O–H groups in total. The van der Waals surface area contributed by atoms with Crippen LogP contribution in [0, 0.1) is 5.92 Å². The second-order valence-corrected chi connectivity index (χ2v) is 4.70. The Morgan fingerprint density at radius 2 is 1.86 bits per heavy atom. The molecule has 0 radical (unpaired) electrons. The Labute approximate surface area is 87.3 Å². The molecule has 0 heterocycles. The minimum absolute atomic E-state index is 0.0579. The maximum absolute atomic E-state index is 10.3. The van der Waals surface area contributed by atoms with Crippen molar-refractivity contribution < 1.29 is 10.2 Å². The average molecular weight is 200 g/mol. The summed E-state index contributed by atoms with van der Waals surface area (Å²) >= 11 is 0. The Morgan fingerprint density at radius 1 is 1.21 bits per heavy atom. The summed E-state index contributed by atoms with van der Waals surface area (Å²) in [6.07, 6.45) is 8.82. The van der Waals surface area contributed by atoms with E-state index in [1.807, 2.05) is 0 Å². The lowest BCUT2D eigenvalue weighted by Gasteiger charge is -2.37. The topological polar surface area (TPSA) is 40.5 Å². The predicted molar refractivity (Wildman–Crippen MR) is 58.1 cm³/mol. The van der Waals surface area contributed by atoms with Crippen molar-refractivity contribution in [1.29, 1.82) is 0 Å². The Balaban J connectivity index is 2.47. The molecule has 1 aliphatic carbocycles. The van der Waals surface area contributed by atoms with Crippen LogP contribution in [0.2, 0.25) is 0 Å². The molecule has 1 fully saturated rings. The summed E-state index contributed by atoms with van der Waals surface area (Å²) in [5.41, 5.74) is -0.781. The van der Waals surface area contributed by atoms with E-state index >= 15 is 0 Å². The van der Waals surface area contributed by atoms with Gasteiger partial charge in [0.15, 0.2) is 0 Å². The van der Waals surface area contributed by atoms with Gasteiger partial charge in [0.05, 0.1) is 12.2 Å². The van der Waals surface area contributed by atoms with E-state index in [0.717, 1.165) is 32.1 Å². The van der Waals surface area contributed by atoms with Gasteiger partial charge in [0, 0.05) is 0 Å². The molecule has 0 aromatic carbocycles. The van der Waals surface area contributed by atoms with Crippen molar-refractivity contribution in [3.05, 3.63) is 0 Å². The van der Waals surface area contributed by atoms with Gasteiger partial charge in [-0.3, -0.25) is 0 Å². The third kappa shape index (κ3) is 2.96. The summed E-state index contributed by atoms with van der Waals surface area (Å²) in [6.45, 7) is 2.07. The zero-order valence-corrected chi connectivity index (χ0v) is 9.34. The molecule has 1 saturated carbocycles. The second-order valence-electron chi connectivity index (χ2n) is 4.70. The highest BCUT2D eigenvalue weighted by atomic mass is 16.3. The van der Waals surface area contributed by atoms with Crippen molar-refractivity contribution in [2.45, 2.75) is 63.9 Å². The van der Waals surface area contributed by atoms with E-state index in [2.05, 4.69) is 6.92 Å². The quantitative estimate of drug-likeness (QED) is 0.715. The third-order valence-corrected chi connectivity index (χ3v) is 3.60. The number of rotatable bonds is 5. The van der Waals surface area contributed by atoms with Gasteiger partial charge in [-0.15, -0.1) is 0 Å². The van der Waals surface area contributed by atoms with Crippen LogP contribution in [0.5, 0.6) is 0 Å². The SMILES string of the molecule is CCCCC(O)(CO)C1CCCCC1. The predicted octanol–water partition coefficient (Wildman–Crippen LogP) is 2.48. The van der Waals surface area contributed by atoms with Crippen LogP contribution in [0.4, 0.5) is 0 Å². The third-order valence-electron chi connectivity index (χ3n) is 3.60. The summed E-state index contributed by atoms with van der Waals surface area (Å²) < 4.78 is 0. The minimum Gasteiger partial charge on any atom is -0.393 e. The number of hydrogen-bond donors (Lipinski definition) is 2. The number of hydrogen-bond acceptors (Lipinski definition) is 2. The van der Waals surface area contributed by atoms with E-state index in [1.54, 1.807) is 0 Å². The Kier molecular flexibility index (Phi) is 4.90. The molecule has 84 valence electrons. The lowest BCUT2D eigenvalue weighted by atomic mass is 9.75. The molecule has 1 aliphatic rings. The fraction of sp³-hybridized carbons (Fsp3) is 1.00. The molecule has 1 atom stereocenters. The van der Waals surface area contributed by atoms with Gasteiger partial charge < -0.3 is 10.2 Å². The van der Waals surface area contributed by atoms with Crippen LogP contribution in [0.15, 0.2) is 0 Å². The van der Waals surface area contributed by atoms with Crippen molar-refractivity contribution in [3.63, 3.8) is 0 Å². The Hall–Kier alpha value is -0.0800. The summed E-state index contributed by atoms with van der Waals surface area (Å²) in [5.74, 6) is 0.341. The number of aliphatic hydroxyl groups excluding tert-OH is 1. The highest BCUT2D eigenvalue weighted by Crippen LogP contribution is 2.35. The van der Waals surface area contributed by atoms with Crippen molar-refractivity contribution in [2.75, 3.05) is 6.61 Å². The van der Waals surface area contributed by atoms with Crippen LogP contribution in [0.1, 0.15) is 58.3 Å². The first-order valence-electron chi connectivity index (χ1n) is 6.06. The van der Waals surface area contributed by atoms with Crippen LogP contribution in [-0.2, 0) is 0 Å². The van der Waals surface area contributed by atoms with Crippen LogP contribution >= 0.6 is 0 Å². The molecule has 14 heavy (non-hydrogen) atoms. The first-order valence-corrected chi connectivity index (χ1v) is 6.06. The highest BCUT2D eigenvalue weighted by molar-refractivity contribution is 4.87. The van der Waals surface area contributed by atoms with Crippen molar-refractivity contribution in [2.24, 2.45) is 5.92 Å². The summed E-state index contributed by atoms with van der Waals surface area (Å²) in [4.78, 5) is 0. The Bertz CT molecular complexity index is 152. The molecule has 2 heteroatoms. The van der Waals surface area contributed by atoms with Gasteiger partial charge in [0.25, 0.3) is 0 Å². The number of unbranched alkanes of at least 4 members (excludes halogenated alkanes) is 1. The maximum Gasteiger partial charge on any atom is 0.0905 e. The lowest BCUT2D eigenvalue weighted by molar-refractivity contribution is -0.0796. The molecule has 0 saturated heterocycles. The molecule has 0 aliphatic heterocycles. The van der Waals surface area contributed by atoms with Gasteiger partial charge in [-0.1, -0.05) is 39.0 Å². The van der Waals surface area contributed by atoms with E-state index < -0.39 is 5.60 Å². The molecule has 0 spiro atoms. The minimum atomic E-state index is -0.781. The summed E-state index contributed by atoms with van der Waals surface area (Å²) in [5, 5.41) is 19.6. The molecule has 1 rings (SSSR count). The first-order chi connectivity index (χ1) is 6.73. The van der Waals surface area contributed by atoms with Crippen molar-refractivity contribution in [3.8, 4) is 0 Å². The van der Waals surface area contributed by atoms with Crippen molar-refractivity contribution >= 4 is 0 Å². The van der Waals surface area contributed by atoms with E-state index in [9.17, 15) is 10.2 Å². The maximum atomic E-state index is 10.3. The average Bonchev–Trinajstić information content (AvgIpc) is 2.27. The number of aliphatic hydroxyl groups is 2. The zero-order valence-electron chi connectivity index (χ0n) is 9.34. The monoisotopic (exact) mass is 200 g/mol. The van der Waals surface area contributed by atoms with E-state index in [4.69, 9.17) is 0 Å². The highest BCUT2D eigenvalue weighted by Gasteiger charge is 2.35. The first kappa shape index (κ1) is 12.0. The Morgan fingerprint density at radius 3 is 2.36 bits per heavy atom. The molecule has 0 bridgehead atoms. The van der Waals surface area contributed by atoms with Crippen LogP contribution < -0.4 is 0 Å².